The number of nitrogens with one attached hydrogen (secondary N) is 2. The summed E-state index contributed by atoms with van der Waals surface area (Å²) in [6, 6.07) is 1.15. The Balaban J connectivity index is 2.99. The molecule has 0 radical (unpaired) electrons. The largest absolute Gasteiger partial charge is 0.479 e. The first-order valence-corrected chi connectivity index (χ1v) is 7.33. The summed E-state index contributed by atoms with van der Waals surface area (Å²) in [5.74, 6) is -2.01. The van der Waals surface area contributed by atoms with Crippen LogP contribution < -0.4 is 10.0 Å². The minimum atomic E-state index is -4.04. The van der Waals surface area contributed by atoms with Crippen LogP contribution in [-0.4, -0.2) is 54.3 Å². The van der Waals surface area contributed by atoms with Crippen LogP contribution in [0.1, 0.15) is 17.4 Å². The molecule has 1 amide bonds. The molecule has 118 valence electrons. The first-order chi connectivity index (χ1) is 9.51. The van der Waals surface area contributed by atoms with E-state index in [9.17, 15) is 23.1 Å². The average molecular weight is 319 g/mol. The van der Waals surface area contributed by atoms with E-state index in [1.54, 1.807) is 0 Å². The minimum Gasteiger partial charge on any atom is -0.479 e. The summed E-state index contributed by atoms with van der Waals surface area (Å²) in [5.41, 5.74) is -2.10. The molecule has 0 fully saturated rings. The molecule has 0 aliphatic carbocycles. The van der Waals surface area contributed by atoms with Gasteiger partial charge in [0.05, 0.1) is 6.54 Å². The summed E-state index contributed by atoms with van der Waals surface area (Å²) in [4.78, 5) is 22.0. The van der Waals surface area contributed by atoms with Crippen molar-refractivity contribution in [1.82, 2.24) is 14.6 Å². The number of carboxylic acid groups (broad SMARTS) is 1. The lowest BCUT2D eigenvalue weighted by atomic mass is 10.1. The van der Waals surface area contributed by atoms with E-state index in [1.165, 1.54) is 24.9 Å². The Bertz CT molecular complexity index is 661. The molecule has 0 aromatic carbocycles. The summed E-state index contributed by atoms with van der Waals surface area (Å²) in [6.07, 6.45) is 1.21. The Morgan fingerprint density at radius 1 is 1.43 bits per heavy atom. The van der Waals surface area contributed by atoms with Crippen molar-refractivity contribution in [1.29, 1.82) is 0 Å². The van der Waals surface area contributed by atoms with Crippen molar-refractivity contribution in [2.24, 2.45) is 7.05 Å². The SMILES string of the molecule is CNC(=O)c1cc(S(=O)(=O)NCC(C)(O)C(=O)O)cn1C. The number of aryl methyl sites for hydroxylation is 1. The number of aliphatic hydroxyl groups is 1. The van der Waals surface area contributed by atoms with E-state index in [0.29, 0.717) is 0 Å². The maximum absolute atomic E-state index is 12.0. The van der Waals surface area contributed by atoms with Crippen molar-refractivity contribution < 1.29 is 28.2 Å². The fourth-order valence-corrected chi connectivity index (χ4v) is 2.63. The summed E-state index contributed by atoms with van der Waals surface area (Å²) >= 11 is 0. The van der Waals surface area contributed by atoms with E-state index in [2.05, 4.69) is 5.32 Å². The molecule has 0 bridgehead atoms. The van der Waals surface area contributed by atoms with E-state index in [1.807, 2.05) is 4.72 Å². The first kappa shape index (κ1) is 17.1. The second kappa shape index (κ2) is 5.84. The molecule has 1 heterocycles. The lowest BCUT2D eigenvalue weighted by molar-refractivity contribution is -0.155. The first-order valence-electron chi connectivity index (χ1n) is 5.85. The van der Waals surface area contributed by atoms with Crippen LogP contribution in [0.4, 0.5) is 0 Å². The van der Waals surface area contributed by atoms with Crippen LogP contribution in [-0.2, 0) is 21.9 Å². The summed E-state index contributed by atoms with van der Waals surface area (Å²) < 4.78 is 27.3. The van der Waals surface area contributed by atoms with Crippen LogP contribution in [0.3, 0.4) is 0 Å². The van der Waals surface area contributed by atoms with E-state index < -0.39 is 34.0 Å². The van der Waals surface area contributed by atoms with Gasteiger partial charge in [-0.15, -0.1) is 0 Å². The summed E-state index contributed by atoms with van der Waals surface area (Å²) in [5, 5.41) is 20.6. The molecule has 1 aromatic rings. The van der Waals surface area contributed by atoms with Crippen LogP contribution in [0, 0.1) is 0 Å². The zero-order valence-corrected chi connectivity index (χ0v) is 12.6. The third-order valence-corrected chi connectivity index (χ3v) is 4.19. The molecule has 0 aliphatic heterocycles. The third kappa shape index (κ3) is 3.80. The van der Waals surface area contributed by atoms with Gasteiger partial charge in [-0.3, -0.25) is 4.79 Å². The number of hydrogen-bond donors (Lipinski definition) is 4. The number of rotatable bonds is 6. The number of carboxylic acids is 1. The highest BCUT2D eigenvalue weighted by molar-refractivity contribution is 7.89. The number of carbonyl (C=O) groups is 2. The highest BCUT2D eigenvalue weighted by Gasteiger charge is 2.32. The molecule has 1 unspecified atom stereocenters. The van der Waals surface area contributed by atoms with Gasteiger partial charge < -0.3 is 20.1 Å². The van der Waals surface area contributed by atoms with E-state index >= 15 is 0 Å². The van der Waals surface area contributed by atoms with E-state index in [-0.39, 0.29) is 10.6 Å². The molecule has 1 atom stereocenters. The normalized spacial score (nSPS) is 14.5. The molecule has 21 heavy (non-hydrogen) atoms. The Morgan fingerprint density at radius 2 is 2.00 bits per heavy atom. The maximum Gasteiger partial charge on any atom is 0.336 e. The molecule has 1 rings (SSSR count). The number of nitrogens with zero attached hydrogens (tertiary/aromatic N) is 1. The van der Waals surface area contributed by atoms with Gasteiger partial charge in [0, 0.05) is 20.3 Å². The van der Waals surface area contributed by atoms with E-state index in [0.717, 1.165) is 13.0 Å². The number of amides is 1. The minimum absolute atomic E-state index is 0.128. The molecule has 9 nitrogen and oxygen atoms in total. The molecule has 0 aliphatic rings. The van der Waals surface area contributed by atoms with Crippen molar-refractivity contribution in [2.45, 2.75) is 17.4 Å². The predicted octanol–water partition coefficient (Wildman–Crippen LogP) is -1.50. The van der Waals surface area contributed by atoms with Crippen molar-refractivity contribution in [3.8, 4) is 0 Å². The fourth-order valence-electron chi connectivity index (χ4n) is 1.43. The van der Waals surface area contributed by atoms with Gasteiger partial charge in [0.1, 0.15) is 10.6 Å². The quantitative estimate of drug-likeness (QED) is 0.503. The van der Waals surface area contributed by atoms with Gasteiger partial charge in [-0.1, -0.05) is 0 Å². The number of aliphatic carboxylic acids is 1. The zero-order chi connectivity index (χ0) is 16.4. The second-order valence-electron chi connectivity index (χ2n) is 4.65. The second-order valence-corrected chi connectivity index (χ2v) is 6.42. The number of aromatic nitrogens is 1. The Morgan fingerprint density at radius 3 is 2.48 bits per heavy atom. The Labute approximate surface area is 121 Å². The molecule has 4 N–H and O–H groups in total. The van der Waals surface area contributed by atoms with Crippen molar-refractivity contribution in [3.63, 3.8) is 0 Å². The molecule has 0 spiro atoms. The highest BCUT2D eigenvalue weighted by Crippen LogP contribution is 2.14. The van der Waals surface area contributed by atoms with Crippen molar-refractivity contribution in [3.05, 3.63) is 18.0 Å². The molecule has 0 saturated carbocycles. The van der Waals surface area contributed by atoms with Crippen molar-refractivity contribution >= 4 is 21.9 Å². The molecule has 0 saturated heterocycles. The number of sulfonamides is 1. The van der Waals surface area contributed by atoms with Crippen LogP contribution in [0.2, 0.25) is 0 Å². The van der Waals surface area contributed by atoms with Gasteiger partial charge in [0.25, 0.3) is 5.91 Å². The molecular formula is C11H17N3O6S. The van der Waals surface area contributed by atoms with Crippen molar-refractivity contribution in [2.75, 3.05) is 13.6 Å². The van der Waals surface area contributed by atoms with Gasteiger partial charge in [-0.05, 0) is 13.0 Å². The van der Waals surface area contributed by atoms with Gasteiger partial charge >= 0.3 is 5.97 Å². The van der Waals surface area contributed by atoms with Gasteiger partial charge in [-0.2, -0.15) is 0 Å². The fraction of sp³-hybridized carbons (Fsp3) is 0.455. The lowest BCUT2D eigenvalue weighted by Crippen LogP contribution is -2.46. The summed E-state index contributed by atoms with van der Waals surface area (Å²) in [7, 11) is -1.14. The zero-order valence-electron chi connectivity index (χ0n) is 11.7. The van der Waals surface area contributed by atoms with Gasteiger partial charge in [0.15, 0.2) is 5.60 Å². The third-order valence-electron chi connectivity index (χ3n) is 2.82. The van der Waals surface area contributed by atoms with E-state index in [4.69, 9.17) is 5.11 Å². The topological polar surface area (TPSA) is 138 Å². The average Bonchev–Trinajstić information content (AvgIpc) is 2.78. The Hall–Kier alpha value is -1.91. The van der Waals surface area contributed by atoms with Crippen LogP contribution in [0.15, 0.2) is 17.2 Å². The lowest BCUT2D eigenvalue weighted by Gasteiger charge is -2.17. The predicted molar refractivity (Wildman–Crippen MR) is 72.3 cm³/mol. The van der Waals surface area contributed by atoms with Crippen LogP contribution in [0.5, 0.6) is 0 Å². The van der Waals surface area contributed by atoms with Gasteiger partial charge in [0.2, 0.25) is 10.0 Å². The molecular weight excluding hydrogens is 302 g/mol. The maximum atomic E-state index is 12.0. The standard InChI is InChI=1S/C11H17N3O6S/c1-11(18,10(16)17)6-13-21(19,20)7-4-8(9(15)12-2)14(3)5-7/h4-5,13,18H,6H2,1-3H3,(H,12,15)(H,16,17). The molecule has 1 aromatic heterocycles. The smallest absolute Gasteiger partial charge is 0.336 e. The van der Waals surface area contributed by atoms with Gasteiger partial charge in [-0.25, -0.2) is 17.9 Å². The monoisotopic (exact) mass is 319 g/mol. The summed E-state index contributed by atoms with van der Waals surface area (Å²) in [6.45, 7) is 0.272. The number of carbonyl (C=O) groups excluding carboxylic acids is 1. The Kier molecular flexibility index (Phi) is 4.76. The highest BCUT2D eigenvalue weighted by atomic mass is 32.2. The van der Waals surface area contributed by atoms with Crippen LogP contribution >= 0.6 is 0 Å². The van der Waals surface area contributed by atoms with Crippen LogP contribution in [0.25, 0.3) is 0 Å². The molecule has 10 heteroatoms. The number of hydrogen-bond acceptors (Lipinski definition) is 5.